The van der Waals surface area contributed by atoms with E-state index >= 15 is 0 Å². The minimum absolute atomic E-state index is 0.0346. The van der Waals surface area contributed by atoms with Gasteiger partial charge in [0.1, 0.15) is 0 Å². The average Bonchev–Trinajstić information content (AvgIpc) is 2.14. The molecule has 0 atom stereocenters. The summed E-state index contributed by atoms with van der Waals surface area (Å²) >= 11 is 9.18. The normalized spacial score (nSPS) is 10.0. The molecule has 1 amide bonds. The molecule has 0 bridgehead atoms. The summed E-state index contributed by atoms with van der Waals surface area (Å²) in [7, 11) is 0. The third-order valence-electron chi connectivity index (χ3n) is 1.73. The van der Waals surface area contributed by atoms with Crippen LogP contribution in [-0.2, 0) is 4.79 Å². The van der Waals surface area contributed by atoms with Gasteiger partial charge in [-0.3, -0.25) is 4.79 Å². The van der Waals surface area contributed by atoms with Gasteiger partial charge in [0.15, 0.2) is 0 Å². The third kappa shape index (κ3) is 2.70. The number of rotatable bonds is 2. The molecule has 0 spiro atoms. The summed E-state index contributed by atoms with van der Waals surface area (Å²) in [4.78, 5) is 11.0. The Bertz CT molecular complexity index is 368. The van der Waals surface area contributed by atoms with Gasteiger partial charge >= 0.3 is 0 Å². The quantitative estimate of drug-likeness (QED) is 0.871. The maximum Gasteiger partial charge on any atom is 0.238 e. The maximum atomic E-state index is 11.0. The van der Waals surface area contributed by atoms with Crippen LogP contribution in [0.5, 0.6) is 0 Å². The topological polar surface area (TPSA) is 55.1 Å². The Morgan fingerprint density at radius 2 is 2.29 bits per heavy atom. The van der Waals surface area contributed by atoms with Crippen molar-refractivity contribution in [1.82, 2.24) is 0 Å². The first-order valence-corrected chi connectivity index (χ1v) is 5.17. The summed E-state index contributed by atoms with van der Waals surface area (Å²) in [6, 6.07) is 3.53. The van der Waals surface area contributed by atoms with Crippen molar-refractivity contribution in [3.63, 3.8) is 0 Å². The maximum absolute atomic E-state index is 11.0. The van der Waals surface area contributed by atoms with Gasteiger partial charge in [0.05, 0.1) is 11.6 Å². The minimum Gasteiger partial charge on any atom is -0.325 e. The largest absolute Gasteiger partial charge is 0.325 e. The lowest BCUT2D eigenvalue weighted by molar-refractivity contribution is -0.114. The monoisotopic (exact) mass is 276 g/mol. The number of hydrogen-bond donors (Lipinski definition) is 2. The molecule has 1 aromatic carbocycles. The molecule has 14 heavy (non-hydrogen) atoms. The standard InChI is InChI=1S/C9H10BrClN2O/c1-5-2-6(10)7(11)3-8(5)13-9(14)4-12/h2-3H,4,12H2,1H3,(H,13,14). The zero-order valence-corrected chi connectivity index (χ0v) is 9.95. The van der Waals surface area contributed by atoms with E-state index < -0.39 is 0 Å². The molecule has 3 N–H and O–H groups in total. The van der Waals surface area contributed by atoms with E-state index in [-0.39, 0.29) is 12.5 Å². The second-order valence-electron chi connectivity index (χ2n) is 2.83. The summed E-state index contributed by atoms with van der Waals surface area (Å²) in [5.74, 6) is -0.230. The lowest BCUT2D eigenvalue weighted by Crippen LogP contribution is -2.22. The highest BCUT2D eigenvalue weighted by Gasteiger charge is 2.06. The highest BCUT2D eigenvalue weighted by Crippen LogP contribution is 2.28. The predicted molar refractivity (Wildman–Crippen MR) is 61.6 cm³/mol. The zero-order valence-electron chi connectivity index (χ0n) is 7.60. The Balaban J connectivity index is 2.98. The highest BCUT2D eigenvalue weighted by molar-refractivity contribution is 9.10. The molecular weight excluding hydrogens is 267 g/mol. The number of aryl methyl sites for hydroxylation is 1. The van der Waals surface area contributed by atoms with Crippen molar-refractivity contribution in [2.24, 2.45) is 5.73 Å². The van der Waals surface area contributed by atoms with Gasteiger partial charge in [0.2, 0.25) is 5.91 Å². The van der Waals surface area contributed by atoms with Crippen molar-refractivity contribution < 1.29 is 4.79 Å². The van der Waals surface area contributed by atoms with E-state index in [2.05, 4.69) is 21.2 Å². The first-order chi connectivity index (χ1) is 6.54. The Labute approximate surface area is 95.7 Å². The fourth-order valence-corrected chi connectivity index (χ4v) is 1.60. The van der Waals surface area contributed by atoms with E-state index in [9.17, 15) is 4.79 Å². The molecule has 0 saturated carbocycles. The third-order valence-corrected chi connectivity index (χ3v) is 2.92. The molecule has 0 fully saturated rings. The van der Waals surface area contributed by atoms with Crippen LogP contribution in [0.4, 0.5) is 5.69 Å². The van der Waals surface area contributed by atoms with Crippen LogP contribution in [0.1, 0.15) is 5.56 Å². The Hall–Kier alpha value is -0.580. The van der Waals surface area contributed by atoms with Crippen molar-refractivity contribution in [3.8, 4) is 0 Å². The molecular formula is C9H10BrClN2O. The van der Waals surface area contributed by atoms with Crippen molar-refractivity contribution in [1.29, 1.82) is 0 Å². The van der Waals surface area contributed by atoms with Gasteiger partial charge in [0, 0.05) is 10.2 Å². The SMILES string of the molecule is Cc1cc(Br)c(Cl)cc1NC(=O)CN. The smallest absolute Gasteiger partial charge is 0.238 e. The molecule has 0 saturated heterocycles. The first-order valence-electron chi connectivity index (χ1n) is 4.00. The number of carbonyl (C=O) groups excluding carboxylic acids is 1. The second-order valence-corrected chi connectivity index (χ2v) is 4.10. The molecule has 0 unspecified atom stereocenters. The molecule has 1 aromatic rings. The number of halogens is 2. The lowest BCUT2D eigenvalue weighted by Gasteiger charge is -2.08. The number of anilines is 1. The van der Waals surface area contributed by atoms with Gasteiger partial charge in [-0.15, -0.1) is 0 Å². The van der Waals surface area contributed by atoms with Crippen LogP contribution in [-0.4, -0.2) is 12.5 Å². The summed E-state index contributed by atoms with van der Waals surface area (Å²) in [5.41, 5.74) is 6.81. The average molecular weight is 278 g/mol. The van der Waals surface area contributed by atoms with E-state index in [1.165, 1.54) is 0 Å². The van der Waals surface area contributed by atoms with Crippen LogP contribution in [0.15, 0.2) is 16.6 Å². The number of benzene rings is 1. The second kappa shape index (κ2) is 4.77. The summed E-state index contributed by atoms with van der Waals surface area (Å²) in [6.07, 6.45) is 0. The fourth-order valence-electron chi connectivity index (χ4n) is 0.982. The highest BCUT2D eigenvalue weighted by atomic mass is 79.9. The van der Waals surface area contributed by atoms with Gasteiger partial charge in [-0.25, -0.2) is 0 Å². The predicted octanol–water partition coefficient (Wildman–Crippen LogP) is 2.31. The zero-order chi connectivity index (χ0) is 10.7. The minimum atomic E-state index is -0.230. The van der Waals surface area contributed by atoms with Gasteiger partial charge in [-0.1, -0.05) is 11.6 Å². The molecule has 76 valence electrons. The van der Waals surface area contributed by atoms with Gasteiger partial charge < -0.3 is 11.1 Å². The Morgan fingerprint density at radius 1 is 1.64 bits per heavy atom. The van der Waals surface area contributed by atoms with Crippen LogP contribution in [0.3, 0.4) is 0 Å². The number of hydrogen-bond acceptors (Lipinski definition) is 2. The number of carbonyl (C=O) groups is 1. The van der Waals surface area contributed by atoms with Crippen LogP contribution in [0, 0.1) is 6.92 Å². The van der Waals surface area contributed by atoms with E-state index in [1.807, 2.05) is 13.0 Å². The molecule has 0 radical (unpaired) electrons. The van der Waals surface area contributed by atoms with Gasteiger partial charge in [0.25, 0.3) is 0 Å². The Morgan fingerprint density at radius 3 is 2.86 bits per heavy atom. The molecule has 0 aliphatic carbocycles. The molecule has 0 aromatic heterocycles. The van der Waals surface area contributed by atoms with E-state index in [0.717, 1.165) is 10.0 Å². The van der Waals surface area contributed by atoms with E-state index in [1.54, 1.807) is 6.07 Å². The van der Waals surface area contributed by atoms with Crippen molar-refractivity contribution in [3.05, 3.63) is 27.2 Å². The molecule has 0 aliphatic heterocycles. The van der Waals surface area contributed by atoms with Crippen molar-refractivity contribution in [2.45, 2.75) is 6.92 Å². The summed E-state index contributed by atoms with van der Waals surface area (Å²) < 4.78 is 0.808. The molecule has 0 heterocycles. The van der Waals surface area contributed by atoms with E-state index in [0.29, 0.717) is 10.7 Å². The van der Waals surface area contributed by atoms with Crippen LogP contribution >= 0.6 is 27.5 Å². The molecule has 0 aliphatic rings. The summed E-state index contributed by atoms with van der Waals surface area (Å²) in [6.45, 7) is 1.85. The van der Waals surface area contributed by atoms with E-state index in [4.69, 9.17) is 17.3 Å². The Kier molecular flexibility index (Phi) is 3.92. The van der Waals surface area contributed by atoms with Gasteiger partial charge in [-0.2, -0.15) is 0 Å². The molecule has 1 rings (SSSR count). The van der Waals surface area contributed by atoms with Gasteiger partial charge in [-0.05, 0) is 40.5 Å². The van der Waals surface area contributed by atoms with Crippen LogP contribution in [0.25, 0.3) is 0 Å². The summed E-state index contributed by atoms with van der Waals surface area (Å²) in [5, 5.41) is 3.22. The molecule has 5 heteroatoms. The van der Waals surface area contributed by atoms with Crippen LogP contribution in [0.2, 0.25) is 5.02 Å². The molecule has 3 nitrogen and oxygen atoms in total. The first kappa shape index (κ1) is 11.5. The van der Waals surface area contributed by atoms with Crippen LogP contribution < -0.4 is 11.1 Å². The lowest BCUT2D eigenvalue weighted by atomic mass is 10.2. The fraction of sp³-hybridized carbons (Fsp3) is 0.222. The van der Waals surface area contributed by atoms with Crippen molar-refractivity contribution >= 4 is 39.1 Å². The number of amides is 1. The number of nitrogens with one attached hydrogen (secondary N) is 1. The van der Waals surface area contributed by atoms with Crippen molar-refractivity contribution in [2.75, 3.05) is 11.9 Å². The number of nitrogens with two attached hydrogens (primary N) is 1.